The molecule has 17 heavy (non-hydrogen) atoms. The molecule has 0 spiro atoms. The molecule has 0 aliphatic carbocycles. The summed E-state index contributed by atoms with van der Waals surface area (Å²) < 4.78 is 0. The summed E-state index contributed by atoms with van der Waals surface area (Å²) in [5, 5.41) is 12.4. The maximum atomic E-state index is 10.3. The Morgan fingerprint density at radius 3 is 2.06 bits per heavy atom. The molecule has 0 atom stereocenters. The largest absolute Gasteiger partial charge is 0.507 e. The molecule has 0 aliphatic rings. The predicted octanol–water partition coefficient (Wildman–Crippen LogP) is 3.13. The van der Waals surface area contributed by atoms with E-state index in [0.717, 1.165) is 29.2 Å². The Bertz CT molecular complexity index is 546. The van der Waals surface area contributed by atoms with Crippen molar-refractivity contribution in [3.05, 3.63) is 41.0 Å². The number of aryl methyl sites for hydroxylation is 1. The van der Waals surface area contributed by atoms with Gasteiger partial charge in [0.2, 0.25) is 0 Å². The SMILES string of the molecule is CCc1c(CN)c(O)c2ccccc2c1CC. The van der Waals surface area contributed by atoms with Gasteiger partial charge >= 0.3 is 0 Å². The summed E-state index contributed by atoms with van der Waals surface area (Å²) in [4.78, 5) is 0. The highest BCUT2D eigenvalue weighted by Gasteiger charge is 2.15. The van der Waals surface area contributed by atoms with Crippen molar-refractivity contribution in [2.45, 2.75) is 33.2 Å². The Balaban J connectivity index is 2.93. The van der Waals surface area contributed by atoms with Gasteiger partial charge in [0, 0.05) is 17.5 Å². The van der Waals surface area contributed by atoms with E-state index in [1.54, 1.807) is 0 Å². The van der Waals surface area contributed by atoms with Crippen LogP contribution in [0, 0.1) is 0 Å². The highest BCUT2D eigenvalue weighted by atomic mass is 16.3. The third kappa shape index (κ3) is 1.79. The van der Waals surface area contributed by atoms with Crippen molar-refractivity contribution < 1.29 is 5.11 Å². The van der Waals surface area contributed by atoms with Gasteiger partial charge in [0.1, 0.15) is 5.75 Å². The molecular weight excluding hydrogens is 210 g/mol. The molecule has 0 unspecified atom stereocenters. The minimum atomic E-state index is 0.358. The molecule has 2 rings (SSSR count). The lowest BCUT2D eigenvalue weighted by Crippen LogP contribution is -2.05. The number of hydrogen-bond acceptors (Lipinski definition) is 2. The molecule has 2 aromatic carbocycles. The van der Waals surface area contributed by atoms with Crippen LogP contribution in [-0.4, -0.2) is 5.11 Å². The molecule has 0 bridgehead atoms. The van der Waals surface area contributed by atoms with Crippen molar-refractivity contribution in [1.29, 1.82) is 0 Å². The topological polar surface area (TPSA) is 46.2 Å². The fourth-order valence-corrected chi connectivity index (χ4v) is 2.65. The zero-order valence-electron chi connectivity index (χ0n) is 10.5. The fraction of sp³-hybridized carbons (Fsp3) is 0.333. The van der Waals surface area contributed by atoms with Crippen LogP contribution in [0.3, 0.4) is 0 Å². The number of nitrogens with two attached hydrogens (primary N) is 1. The third-order valence-electron chi connectivity index (χ3n) is 3.43. The first kappa shape index (κ1) is 11.9. The van der Waals surface area contributed by atoms with Crippen LogP contribution in [-0.2, 0) is 19.4 Å². The van der Waals surface area contributed by atoms with Crippen molar-refractivity contribution in [3.8, 4) is 5.75 Å². The van der Waals surface area contributed by atoms with Gasteiger partial charge in [-0.25, -0.2) is 0 Å². The average Bonchev–Trinajstić information content (AvgIpc) is 2.38. The van der Waals surface area contributed by atoms with Crippen molar-refractivity contribution in [2.24, 2.45) is 5.73 Å². The molecule has 0 aromatic heterocycles. The number of fused-ring (bicyclic) bond motifs is 1. The number of phenolic OH excluding ortho intramolecular Hbond substituents is 1. The van der Waals surface area contributed by atoms with E-state index in [0.29, 0.717) is 12.3 Å². The molecule has 2 heteroatoms. The van der Waals surface area contributed by atoms with Gasteiger partial charge in [-0.1, -0.05) is 38.1 Å². The van der Waals surface area contributed by atoms with E-state index >= 15 is 0 Å². The Hall–Kier alpha value is -1.54. The van der Waals surface area contributed by atoms with Crippen molar-refractivity contribution in [2.75, 3.05) is 0 Å². The first-order valence-electron chi connectivity index (χ1n) is 6.18. The molecule has 0 aliphatic heterocycles. The van der Waals surface area contributed by atoms with Gasteiger partial charge in [0.15, 0.2) is 0 Å². The zero-order chi connectivity index (χ0) is 12.4. The smallest absolute Gasteiger partial charge is 0.128 e. The summed E-state index contributed by atoms with van der Waals surface area (Å²) in [7, 11) is 0. The van der Waals surface area contributed by atoms with Gasteiger partial charge in [-0.2, -0.15) is 0 Å². The van der Waals surface area contributed by atoms with E-state index in [2.05, 4.69) is 19.9 Å². The van der Waals surface area contributed by atoms with Gasteiger partial charge in [0.05, 0.1) is 0 Å². The highest BCUT2D eigenvalue weighted by Crippen LogP contribution is 2.35. The standard InChI is InChI=1S/C15H19NO/c1-3-10-11(4-2)14(9-16)15(17)13-8-6-5-7-12(10)13/h5-8,17H,3-4,9,16H2,1-2H3. The summed E-state index contributed by atoms with van der Waals surface area (Å²) in [5.41, 5.74) is 9.22. The van der Waals surface area contributed by atoms with E-state index in [-0.39, 0.29) is 0 Å². The van der Waals surface area contributed by atoms with Crippen LogP contribution in [0.2, 0.25) is 0 Å². The monoisotopic (exact) mass is 229 g/mol. The minimum Gasteiger partial charge on any atom is -0.507 e. The molecule has 3 N–H and O–H groups in total. The summed E-state index contributed by atoms with van der Waals surface area (Å²) >= 11 is 0. The van der Waals surface area contributed by atoms with Crippen LogP contribution in [0.5, 0.6) is 5.75 Å². The summed E-state index contributed by atoms with van der Waals surface area (Å²) in [5.74, 6) is 0.358. The third-order valence-corrected chi connectivity index (χ3v) is 3.43. The van der Waals surface area contributed by atoms with E-state index in [4.69, 9.17) is 5.73 Å². The molecule has 0 amide bonds. The number of benzene rings is 2. The second-order valence-corrected chi connectivity index (χ2v) is 4.24. The van der Waals surface area contributed by atoms with Crippen molar-refractivity contribution in [3.63, 3.8) is 0 Å². The number of phenols is 1. The predicted molar refractivity (Wildman–Crippen MR) is 72.3 cm³/mol. The van der Waals surface area contributed by atoms with Crippen LogP contribution >= 0.6 is 0 Å². The fourth-order valence-electron chi connectivity index (χ4n) is 2.65. The van der Waals surface area contributed by atoms with E-state index < -0.39 is 0 Å². The summed E-state index contributed by atoms with van der Waals surface area (Å²) in [6, 6.07) is 8.01. The molecular formula is C15H19NO. The molecule has 0 radical (unpaired) electrons. The Morgan fingerprint density at radius 2 is 1.53 bits per heavy atom. The van der Waals surface area contributed by atoms with Crippen LogP contribution in [0.1, 0.15) is 30.5 Å². The molecule has 0 fully saturated rings. The summed E-state index contributed by atoms with van der Waals surface area (Å²) in [6.45, 7) is 4.66. The Morgan fingerprint density at radius 1 is 0.941 bits per heavy atom. The average molecular weight is 229 g/mol. The van der Waals surface area contributed by atoms with E-state index in [1.165, 1.54) is 11.1 Å². The first-order valence-corrected chi connectivity index (χ1v) is 6.18. The van der Waals surface area contributed by atoms with Crippen LogP contribution < -0.4 is 5.73 Å². The van der Waals surface area contributed by atoms with E-state index in [9.17, 15) is 5.11 Å². The summed E-state index contributed by atoms with van der Waals surface area (Å²) in [6.07, 6.45) is 1.88. The quantitative estimate of drug-likeness (QED) is 0.849. The normalized spacial score (nSPS) is 11.0. The molecule has 0 saturated carbocycles. The molecule has 0 heterocycles. The van der Waals surface area contributed by atoms with Gasteiger partial charge in [-0.15, -0.1) is 0 Å². The zero-order valence-corrected chi connectivity index (χ0v) is 10.5. The van der Waals surface area contributed by atoms with Crippen LogP contribution in [0.25, 0.3) is 10.8 Å². The first-order chi connectivity index (χ1) is 8.24. The second-order valence-electron chi connectivity index (χ2n) is 4.24. The highest BCUT2D eigenvalue weighted by molar-refractivity contribution is 5.93. The molecule has 90 valence electrons. The Kier molecular flexibility index (Phi) is 3.34. The van der Waals surface area contributed by atoms with Gasteiger partial charge < -0.3 is 10.8 Å². The lowest BCUT2D eigenvalue weighted by Gasteiger charge is -2.17. The van der Waals surface area contributed by atoms with Gasteiger partial charge in [-0.05, 0) is 29.4 Å². The Labute approximate surface area is 102 Å². The number of hydrogen-bond donors (Lipinski definition) is 2. The molecule has 0 saturated heterocycles. The lowest BCUT2D eigenvalue weighted by atomic mass is 9.90. The second kappa shape index (κ2) is 4.76. The molecule has 2 aromatic rings. The maximum absolute atomic E-state index is 10.3. The van der Waals surface area contributed by atoms with E-state index in [1.807, 2.05) is 18.2 Å². The number of aromatic hydroxyl groups is 1. The van der Waals surface area contributed by atoms with Crippen LogP contribution in [0.15, 0.2) is 24.3 Å². The maximum Gasteiger partial charge on any atom is 0.128 e. The van der Waals surface area contributed by atoms with Crippen LogP contribution in [0.4, 0.5) is 0 Å². The van der Waals surface area contributed by atoms with Gasteiger partial charge in [0.25, 0.3) is 0 Å². The number of rotatable bonds is 3. The lowest BCUT2D eigenvalue weighted by molar-refractivity contribution is 0.473. The molecule has 2 nitrogen and oxygen atoms in total. The minimum absolute atomic E-state index is 0.358. The van der Waals surface area contributed by atoms with Crippen molar-refractivity contribution >= 4 is 10.8 Å². The van der Waals surface area contributed by atoms with Gasteiger partial charge in [-0.3, -0.25) is 0 Å². The van der Waals surface area contributed by atoms with Crippen molar-refractivity contribution in [1.82, 2.24) is 0 Å².